The highest BCUT2D eigenvalue weighted by molar-refractivity contribution is 7.80. The quantitative estimate of drug-likeness (QED) is 0.353. The zero-order valence-corrected chi connectivity index (χ0v) is 24.4. The molecule has 0 heterocycles. The molecule has 0 radical (unpaired) electrons. The molecule has 4 aliphatic rings. The Bertz CT molecular complexity index is 895. The molecule has 0 aliphatic heterocycles. The predicted molar refractivity (Wildman–Crippen MR) is 136 cm³/mol. The number of hydrogen-bond acceptors (Lipinski definition) is 5. The summed E-state index contributed by atoms with van der Waals surface area (Å²) in [6.07, 6.45) is 7.64. The van der Waals surface area contributed by atoms with E-state index < -0.39 is 35.8 Å². The molecule has 0 unspecified atom stereocenters. The summed E-state index contributed by atoms with van der Waals surface area (Å²) in [5, 5.41) is 11.7. The van der Waals surface area contributed by atoms with Gasteiger partial charge in [0, 0.05) is 11.5 Å². The lowest BCUT2D eigenvalue weighted by Crippen LogP contribution is -2.57. The van der Waals surface area contributed by atoms with E-state index in [1.54, 1.807) is 6.92 Å². The standard InChI is InChI=1S/C26H48O6SSi/c1-23(2,3)34(7,8)32-18-11-13-24(4)17(15-18)9-10-19-20(24)12-14-25(5)21(19)16-22(26(25,6)27)31-33(28,29)30/h17-22,27H,9-16H2,1-8H3,(H,28,29,30)/t17-,18-,19+,20-,21-,22-,24-,25-,26-/m0/s1. The minimum Gasteiger partial charge on any atom is -0.414 e. The Morgan fingerprint density at radius 1 is 0.941 bits per heavy atom. The molecule has 0 aromatic rings. The van der Waals surface area contributed by atoms with Gasteiger partial charge in [-0.1, -0.05) is 34.6 Å². The first kappa shape index (κ1) is 27.1. The second kappa shape index (κ2) is 8.25. The maximum absolute atomic E-state index is 11.5. The first-order chi connectivity index (χ1) is 15.3. The normalized spacial score (nSPS) is 47.6. The van der Waals surface area contributed by atoms with Crippen LogP contribution in [0.15, 0.2) is 0 Å². The molecule has 9 atom stereocenters. The SMILES string of the molecule is CC(C)(C)[Si](C)(C)O[C@H]1CC[C@@]2(C)[C@@H](CC[C@@H]3[C@@H]2CC[C@@]2(C)[C@H]3C[C@H](OS(=O)(=O)O)[C@]2(C)O)C1. The summed E-state index contributed by atoms with van der Waals surface area (Å²) in [5.41, 5.74) is -1.42. The van der Waals surface area contributed by atoms with Crippen LogP contribution in [0.4, 0.5) is 0 Å². The molecule has 4 saturated carbocycles. The summed E-state index contributed by atoms with van der Waals surface area (Å²) in [4.78, 5) is 0. The van der Waals surface area contributed by atoms with Crippen LogP contribution in [0.3, 0.4) is 0 Å². The highest BCUT2D eigenvalue weighted by Crippen LogP contribution is 2.68. The smallest absolute Gasteiger partial charge is 0.397 e. The van der Waals surface area contributed by atoms with E-state index in [2.05, 4.69) is 47.7 Å². The molecule has 198 valence electrons. The highest BCUT2D eigenvalue weighted by atomic mass is 32.3. The average Bonchev–Trinajstić information content (AvgIpc) is 2.86. The van der Waals surface area contributed by atoms with Crippen LogP contribution in [0.25, 0.3) is 0 Å². The molecule has 0 aromatic carbocycles. The molecule has 0 saturated heterocycles. The van der Waals surface area contributed by atoms with E-state index in [0.29, 0.717) is 30.3 Å². The van der Waals surface area contributed by atoms with Crippen LogP contribution >= 0.6 is 0 Å². The van der Waals surface area contributed by atoms with E-state index in [9.17, 15) is 18.1 Å². The summed E-state index contributed by atoms with van der Waals surface area (Å²) >= 11 is 0. The lowest BCUT2D eigenvalue weighted by molar-refractivity contribution is -0.162. The van der Waals surface area contributed by atoms with Crippen molar-refractivity contribution in [3.63, 3.8) is 0 Å². The Morgan fingerprint density at radius 3 is 2.18 bits per heavy atom. The fraction of sp³-hybridized carbons (Fsp3) is 1.00. The van der Waals surface area contributed by atoms with Gasteiger partial charge in [0.2, 0.25) is 0 Å². The maximum Gasteiger partial charge on any atom is 0.397 e. The molecule has 4 aliphatic carbocycles. The molecule has 0 amide bonds. The number of rotatable bonds is 4. The van der Waals surface area contributed by atoms with Crippen LogP contribution in [-0.2, 0) is 19.0 Å². The van der Waals surface area contributed by atoms with Crippen molar-refractivity contribution in [2.75, 3.05) is 0 Å². The van der Waals surface area contributed by atoms with Crippen molar-refractivity contribution in [3.05, 3.63) is 0 Å². The minimum absolute atomic E-state index is 0.201. The van der Waals surface area contributed by atoms with Crippen molar-refractivity contribution in [1.82, 2.24) is 0 Å². The van der Waals surface area contributed by atoms with E-state index in [-0.39, 0.29) is 16.4 Å². The van der Waals surface area contributed by atoms with Gasteiger partial charge < -0.3 is 9.53 Å². The zero-order chi connectivity index (χ0) is 25.5. The summed E-state index contributed by atoms with van der Waals surface area (Å²) in [6.45, 7) is 18.0. The third-order valence-electron chi connectivity index (χ3n) is 11.8. The van der Waals surface area contributed by atoms with Crippen LogP contribution in [0.2, 0.25) is 18.1 Å². The Hall–Kier alpha value is 0.00688. The van der Waals surface area contributed by atoms with Gasteiger partial charge in [-0.2, -0.15) is 8.42 Å². The lowest BCUT2D eigenvalue weighted by Gasteiger charge is -2.61. The third kappa shape index (κ3) is 4.26. The summed E-state index contributed by atoms with van der Waals surface area (Å²) in [7, 11) is -6.40. The number of fused-ring (bicyclic) bond motifs is 5. The van der Waals surface area contributed by atoms with E-state index in [4.69, 9.17) is 8.61 Å². The predicted octanol–water partition coefficient (Wildman–Crippen LogP) is 5.97. The maximum atomic E-state index is 11.5. The van der Waals surface area contributed by atoms with Crippen LogP contribution in [0.1, 0.15) is 92.9 Å². The summed E-state index contributed by atoms with van der Waals surface area (Å²) < 4.78 is 44.3. The Morgan fingerprint density at radius 2 is 1.59 bits per heavy atom. The van der Waals surface area contributed by atoms with Crippen LogP contribution < -0.4 is 0 Å². The average molecular weight is 517 g/mol. The van der Waals surface area contributed by atoms with Crippen molar-refractivity contribution in [2.45, 2.75) is 129 Å². The van der Waals surface area contributed by atoms with Crippen molar-refractivity contribution < 1.29 is 26.7 Å². The molecule has 4 fully saturated rings. The van der Waals surface area contributed by atoms with Gasteiger partial charge in [0.1, 0.15) is 6.10 Å². The highest BCUT2D eigenvalue weighted by Gasteiger charge is 2.67. The molecule has 0 bridgehead atoms. The van der Waals surface area contributed by atoms with Gasteiger partial charge in [0.05, 0.1) is 5.60 Å². The molecular formula is C26H48O6SSi. The molecular weight excluding hydrogens is 468 g/mol. The molecule has 0 aromatic heterocycles. The fourth-order valence-corrected chi connectivity index (χ4v) is 10.4. The monoisotopic (exact) mass is 516 g/mol. The molecule has 34 heavy (non-hydrogen) atoms. The van der Waals surface area contributed by atoms with Gasteiger partial charge in [-0.15, -0.1) is 0 Å². The van der Waals surface area contributed by atoms with Gasteiger partial charge in [0.15, 0.2) is 8.32 Å². The van der Waals surface area contributed by atoms with Gasteiger partial charge in [-0.3, -0.25) is 4.55 Å². The molecule has 6 nitrogen and oxygen atoms in total. The topological polar surface area (TPSA) is 93.1 Å². The fourth-order valence-electron chi connectivity index (χ4n) is 8.41. The Labute approximate surface area is 208 Å². The Balaban J connectivity index is 1.52. The first-order valence-corrected chi connectivity index (χ1v) is 17.6. The molecule has 2 N–H and O–H groups in total. The minimum atomic E-state index is -4.61. The van der Waals surface area contributed by atoms with Crippen molar-refractivity contribution >= 4 is 18.7 Å². The third-order valence-corrected chi connectivity index (χ3v) is 16.8. The van der Waals surface area contributed by atoms with Gasteiger partial charge in [-0.05, 0) is 106 Å². The second-order valence-corrected chi connectivity index (χ2v) is 20.1. The van der Waals surface area contributed by atoms with E-state index in [1.165, 1.54) is 12.8 Å². The van der Waals surface area contributed by atoms with Crippen molar-refractivity contribution in [1.29, 1.82) is 0 Å². The van der Waals surface area contributed by atoms with E-state index >= 15 is 0 Å². The second-order valence-electron chi connectivity index (χ2n) is 14.3. The molecule has 8 heteroatoms. The largest absolute Gasteiger partial charge is 0.414 e. The first-order valence-electron chi connectivity index (χ1n) is 13.4. The lowest BCUT2D eigenvalue weighted by atomic mass is 9.44. The van der Waals surface area contributed by atoms with Crippen LogP contribution in [0.5, 0.6) is 0 Å². The summed E-state index contributed by atoms with van der Waals surface area (Å²) in [6, 6.07) is 0. The van der Waals surface area contributed by atoms with E-state index in [1.807, 2.05) is 0 Å². The zero-order valence-electron chi connectivity index (χ0n) is 22.6. The van der Waals surface area contributed by atoms with Gasteiger partial charge in [0.25, 0.3) is 0 Å². The summed E-state index contributed by atoms with van der Waals surface area (Å²) in [5.74, 6) is 1.90. The van der Waals surface area contributed by atoms with E-state index in [0.717, 1.165) is 32.1 Å². The van der Waals surface area contributed by atoms with Crippen molar-refractivity contribution in [3.8, 4) is 0 Å². The van der Waals surface area contributed by atoms with Gasteiger partial charge in [-0.25, -0.2) is 4.18 Å². The molecule has 0 spiro atoms. The Kier molecular flexibility index (Phi) is 6.57. The number of aliphatic hydroxyl groups is 1. The van der Waals surface area contributed by atoms with Crippen molar-refractivity contribution in [2.24, 2.45) is 34.5 Å². The van der Waals surface area contributed by atoms with Crippen LogP contribution in [-0.4, -0.2) is 44.2 Å². The number of hydrogen-bond donors (Lipinski definition) is 2. The molecule has 4 rings (SSSR count). The van der Waals surface area contributed by atoms with Gasteiger partial charge >= 0.3 is 10.4 Å². The van der Waals surface area contributed by atoms with Crippen LogP contribution in [0, 0.1) is 34.5 Å².